The fourth-order valence-electron chi connectivity index (χ4n) is 3.64. The number of fused-ring (bicyclic) bond motifs is 1. The monoisotopic (exact) mass is 417 g/mol. The number of nitrogens with zero attached hydrogens (tertiary/aromatic N) is 3. The van der Waals surface area contributed by atoms with Crippen LogP contribution in [0.5, 0.6) is 5.75 Å². The zero-order valence-electron chi connectivity index (χ0n) is 18.0. The van der Waals surface area contributed by atoms with Crippen LogP contribution in [0.2, 0.25) is 0 Å². The topological polar surface area (TPSA) is 60.5 Å². The molecular weight excluding hydrogens is 390 g/mol. The van der Waals surface area contributed by atoms with Crippen LogP contribution in [0.3, 0.4) is 0 Å². The number of benzene rings is 2. The molecule has 1 amide bonds. The number of ether oxygens (including phenoxy) is 1. The number of hydrogen-bond donors (Lipinski definition) is 0. The van der Waals surface area contributed by atoms with E-state index >= 15 is 0 Å². The first-order valence-electron chi connectivity index (χ1n) is 10.5. The number of carbonyl (C=O) groups excluding carboxylic acids is 1. The highest BCUT2D eigenvalue weighted by Gasteiger charge is 2.18. The molecule has 0 aliphatic heterocycles. The first kappa shape index (κ1) is 20.7. The molecule has 0 saturated heterocycles. The van der Waals surface area contributed by atoms with E-state index in [1.807, 2.05) is 36.4 Å². The highest BCUT2D eigenvalue weighted by atomic mass is 16.5. The molecular formula is C25H27N3O3. The van der Waals surface area contributed by atoms with Crippen molar-refractivity contribution in [2.24, 2.45) is 0 Å². The van der Waals surface area contributed by atoms with Gasteiger partial charge >= 0.3 is 0 Å². The summed E-state index contributed by atoms with van der Waals surface area (Å²) in [4.78, 5) is 19.0. The summed E-state index contributed by atoms with van der Waals surface area (Å²) in [5.74, 6) is 1.95. The van der Waals surface area contributed by atoms with E-state index in [-0.39, 0.29) is 5.91 Å². The number of amides is 1. The number of furan rings is 1. The first-order valence-corrected chi connectivity index (χ1v) is 10.5. The van der Waals surface area contributed by atoms with Crippen molar-refractivity contribution in [2.45, 2.75) is 32.9 Å². The van der Waals surface area contributed by atoms with Crippen molar-refractivity contribution in [2.75, 3.05) is 13.7 Å². The Labute approximate surface area is 182 Å². The van der Waals surface area contributed by atoms with Crippen molar-refractivity contribution in [3.05, 3.63) is 84.1 Å². The predicted molar refractivity (Wildman–Crippen MR) is 120 cm³/mol. The molecule has 4 rings (SSSR count). The van der Waals surface area contributed by atoms with Gasteiger partial charge < -0.3 is 18.6 Å². The molecule has 0 unspecified atom stereocenters. The Hall–Kier alpha value is -3.54. The van der Waals surface area contributed by atoms with Gasteiger partial charge in [0.1, 0.15) is 11.6 Å². The molecule has 0 N–H and O–H groups in total. The Morgan fingerprint density at radius 2 is 1.97 bits per heavy atom. The molecule has 0 fully saturated rings. The summed E-state index contributed by atoms with van der Waals surface area (Å²) < 4.78 is 13.3. The number of unbranched alkanes of at least 4 members (excludes halogenated alkanes) is 1. The Morgan fingerprint density at radius 3 is 2.77 bits per heavy atom. The zero-order chi connectivity index (χ0) is 21.6. The number of aryl methyl sites for hydroxylation is 2. The lowest BCUT2D eigenvalue weighted by Crippen LogP contribution is -2.27. The highest BCUT2D eigenvalue weighted by Crippen LogP contribution is 2.19. The number of hydrogen-bond acceptors (Lipinski definition) is 4. The maximum atomic E-state index is 12.6. The second-order valence-corrected chi connectivity index (χ2v) is 7.68. The number of carbonyl (C=O) groups is 1. The smallest absolute Gasteiger partial charge is 0.289 e. The maximum absolute atomic E-state index is 12.6. The van der Waals surface area contributed by atoms with Crippen molar-refractivity contribution >= 4 is 16.9 Å². The van der Waals surface area contributed by atoms with E-state index in [9.17, 15) is 4.79 Å². The lowest BCUT2D eigenvalue weighted by Gasteiger charge is -2.17. The molecule has 0 aliphatic rings. The molecule has 4 aromatic rings. The fraction of sp³-hybridized carbons (Fsp3) is 0.280. The molecule has 2 aromatic carbocycles. The Balaban J connectivity index is 1.41. The summed E-state index contributed by atoms with van der Waals surface area (Å²) in [5, 5.41) is 0. The molecule has 0 spiro atoms. The van der Waals surface area contributed by atoms with E-state index in [4.69, 9.17) is 14.1 Å². The van der Waals surface area contributed by atoms with Crippen LogP contribution in [-0.2, 0) is 13.1 Å². The molecule has 0 bridgehead atoms. The average Bonchev–Trinajstić information content (AvgIpc) is 3.41. The lowest BCUT2D eigenvalue weighted by atomic mass is 10.2. The van der Waals surface area contributed by atoms with Crippen LogP contribution in [0.1, 0.15) is 34.8 Å². The molecule has 2 heterocycles. The number of aromatic nitrogens is 2. The van der Waals surface area contributed by atoms with Crippen molar-refractivity contribution < 1.29 is 13.9 Å². The summed E-state index contributed by atoms with van der Waals surface area (Å²) in [6.45, 7) is 3.96. The van der Waals surface area contributed by atoms with Gasteiger partial charge in [-0.25, -0.2) is 4.98 Å². The fourth-order valence-corrected chi connectivity index (χ4v) is 3.64. The van der Waals surface area contributed by atoms with Crippen LogP contribution in [0.4, 0.5) is 0 Å². The van der Waals surface area contributed by atoms with Gasteiger partial charge in [-0.2, -0.15) is 0 Å². The van der Waals surface area contributed by atoms with Crippen LogP contribution >= 0.6 is 0 Å². The minimum absolute atomic E-state index is 0.157. The zero-order valence-corrected chi connectivity index (χ0v) is 18.0. The Bertz CT molecular complexity index is 1150. The summed E-state index contributed by atoms with van der Waals surface area (Å²) in [6.07, 6.45) is 3.39. The van der Waals surface area contributed by atoms with Gasteiger partial charge in [-0.15, -0.1) is 0 Å². The number of para-hydroxylation sites is 2. The quantitative estimate of drug-likeness (QED) is 0.357. The molecule has 0 saturated carbocycles. The molecule has 6 nitrogen and oxygen atoms in total. The van der Waals surface area contributed by atoms with E-state index in [2.05, 4.69) is 23.6 Å². The van der Waals surface area contributed by atoms with Crippen molar-refractivity contribution in [1.82, 2.24) is 14.5 Å². The van der Waals surface area contributed by atoms with Gasteiger partial charge in [-0.3, -0.25) is 4.79 Å². The molecule has 0 aliphatic carbocycles. The van der Waals surface area contributed by atoms with Gasteiger partial charge in [-0.05, 0) is 61.7 Å². The molecule has 0 radical (unpaired) electrons. The summed E-state index contributed by atoms with van der Waals surface area (Å²) in [5.41, 5.74) is 3.21. The summed E-state index contributed by atoms with van der Waals surface area (Å²) in [6, 6.07) is 19.6. The second kappa shape index (κ2) is 9.51. The number of rotatable bonds is 9. The third kappa shape index (κ3) is 4.97. The van der Waals surface area contributed by atoms with Crippen molar-refractivity contribution in [3.63, 3.8) is 0 Å². The van der Waals surface area contributed by atoms with Crippen LogP contribution < -0.4 is 4.74 Å². The predicted octanol–water partition coefficient (Wildman–Crippen LogP) is 5.07. The van der Waals surface area contributed by atoms with Gasteiger partial charge in [0, 0.05) is 13.6 Å². The van der Waals surface area contributed by atoms with Crippen LogP contribution in [-0.4, -0.2) is 34.0 Å². The normalized spacial score (nSPS) is 11.0. The van der Waals surface area contributed by atoms with Crippen LogP contribution in [0.15, 0.2) is 71.3 Å². The van der Waals surface area contributed by atoms with Crippen LogP contribution in [0.25, 0.3) is 11.0 Å². The second-order valence-electron chi connectivity index (χ2n) is 7.68. The third-order valence-corrected chi connectivity index (χ3v) is 5.23. The third-order valence-electron chi connectivity index (χ3n) is 5.23. The van der Waals surface area contributed by atoms with Gasteiger partial charge in [0.05, 0.1) is 30.4 Å². The Kier molecular flexibility index (Phi) is 6.36. The maximum Gasteiger partial charge on any atom is 0.289 e. The SMILES string of the molecule is Cc1cccc(OCCCCn2c(CN(C)C(=O)c3ccco3)nc3ccccc32)c1. The standard InChI is InChI=1S/C25H27N3O3/c1-19-9-7-10-20(17-19)30-15-6-5-14-28-22-12-4-3-11-21(22)26-24(28)18-27(2)25(29)23-13-8-16-31-23/h3-4,7-13,16-17H,5-6,14-15,18H2,1-2H3. The van der Waals surface area contributed by atoms with Gasteiger partial charge in [0.25, 0.3) is 5.91 Å². The van der Waals surface area contributed by atoms with Gasteiger partial charge in [0.2, 0.25) is 0 Å². The molecule has 2 aromatic heterocycles. The average molecular weight is 418 g/mol. The van der Waals surface area contributed by atoms with E-state index in [1.165, 1.54) is 11.8 Å². The van der Waals surface area contributed by atoms with Gasteiger partial charge in [-0.1, -0.05) is 24.3 Å². The molecule has 6 heteroatoms. The Morgan fingerprint density at radius 1 is 1.10 bits per heavy atom. The van der Waals surface area contributed by atoms with E-state index in [0.29, 0.717) is 18.9 Å². The van der Waals surface area contributed by atoms with E-state index in [0.717, 1.165) is 42.0 Å². The largest absolute Gasteiger partial charge is 0.494 e. The van der Waals surface area contributed by atoms with E-state index < -0.39 is 0 Å². The van der Waals surface area contributed by atoms with Crippen LogP contribution in [0, 0.1) is 6.92 Å². The minimum atomic E-state index is -0.157. The summed E-state index contributed by atoms with van der Waals surface area (Å²) in [7, 11) is 1.77. The van der Waals surface area contributed by atoms with Crippen molar-refractivity contribution in [1.29, 1.82) is 0 Å². The lowest BCUT2D eigenvalue weighted by molar-refractivity contribution is 0.0748. The van der Waals surface area contributed by atoms with E-state index in [1.54, 1.807) is 24.1 Å². The molecule has 0 atom stereocenters. The molecule has 160 valence electrons. The van der Waals surface area contributed by atoms with Crippen molar-refractivity contribution in [3.8, 4) is 5.75 Å². The molecule has 31 heavy (non-hydrogen) atoms. The van der Waals surface area contributed by atoms with Gasteiger partial charge in [0.15, 0.2) is 5.76 Å². The number of imidazole rings is 1. The minimum Gasteiger partial charge on any atom is -0.494 e. The highest BCUT2D eigenvalue weighted by molar-refractivity contribution is 5.91. The summed E-state index contributed by atoms with van der Waals surface area (Å²) >= 11 is 0. The first-order chi connectivity index (χ1) is 15.1.